The van der Waals surface area contributed by atoms with Gasteiger partial charge in [-0.25, -0.2) is 4.79 Å². The Morgan fingerprint density at radius 2 is 2.08 bits per heavy atom. The minimum Gasteiger partial charge on any atom is -0.379 e. The van der Waals surface area contributed by atoms with Crippen molar-refractivity contribution in [1.29, 1.82) is 0 Å². The average Bonchev–Trinajstić information content (AvgIpc) is 3.26. The molecule has 8 heteroatoms. The molecule has 4 rings (SSSR count). The lowest BCUT2D eigenvalue weighted by Gasteiger charge is -2.30. The van der Waals surface area contributed by atoms with E-state index in [1.165, 1.54) is 0 Å². The van der Waals surface area contributed by atoms with E-state index >= 15 is 0 Å². The first-order valence-corrected chi connectivity index (χ1v) is 9.48. The van der Waals surface area contributed by atoms with Crippen molar-refractivity contribution in [3.8, 4) is 0 Å². The highest BCUT2D eigenvalue weighted by Crippen LogP contribution is 2.36. The van der Waals surface area contributed by atoms with Crippen molar-refractivity contribution in [3.05, 3.63) is 33.7 Å². The number of nitrogens with zero attached hydrogens (tertiary/aromatic N) is 3. The van der Waals surface area contributed by atoms with Gasteiger partial charge in [-0.2, -0.15) is 11.3 Å². The Balaban J connectivity index is 1.51. The number of nitrogens with one attached hydrogen (secondary N) is 1. The molecular formula is C17H22N4O3S. The minimum atomic E-state index is -0.342. The second-order valence-corrected chi connectivity index (χ2v) is 7.32. The molecule has 0 saturated carbocycles. The van der Waals surface area contributed by atoms with Gasteiger partial charge in [0, 0.05) is 33.2 Å². The number of rotatable bonds is 4. The van der Waals surface area contributed by atoms with Crippen molar-refractivity contribution in [2.24, 2.45) is 0 Å². The number of thiophene rings is 1. The Labute approximate surface area is 150 Å². The van der Waals surface area contributed by atoms with E-state index in [9.17, 15) is 9.59 Å². The highest BCUT2D eigenvalue weighted by atomic mass is 32.1. The van der Waals surface area contributed by atoms with Gasteiger partial charge in [0.15, 0.2) is 0 Å². The van der Waals surface area contributed by atoms with E-state index in [1.807, 2.05) is 21.7 Å². The number of morpholine rings is 1. The molecule has 1 saturated heterocycles. The standard InChI is InChI=1S/C17H22N4O3S/c1-19-13-10-21(4-3-20-5-7-24-8-6-20)16(22)14(13)15(18-17(19)23)12-2-9-25-11-12/h2,9,11,15H,3-8,10H2,1H3,(H,18,23). The van der Waals surface area contributed by atoms with E-state index < -0.39 is 0 Å². The van der Waals surface area contributed by atoms with Gasteiger partial charge in [0.25, 0.3) is 5.91 Å². The third-order valence-electron chi connectivity index (χ3n) is 5.10. The number of urea groups is 1. The molecule has 0 radical (unpaired) electrons. The summed E-state index contributed by atoms with van der Waals surface area (Å²) in [6, 6.07) is 1.47. The molecule has 1 aromatic heterocycles. The summed E-state index contributed by atoms with van der Waals surface area (Å²) in [5.74, 6) is 0.0336. The molecule has 4 heterocycles. The average molecular weight is 362 g/mol. The maximum absolute atomic E-state index is 13.0. The van der Waals surface area contributed by atoms with Crippen LogP contribution in [0.25, 0.3) is 0 Å². The molecule has 0 aromatic carbocycles. The molecule has 1 fully saturated rings. The van der Waals surface area contributed by atoms with Crippen LogP contribution < -0.4 is 5.32 Å². The highest BCUT2D eigenvalue weighted by molar-refractivity contribution is 7.08. The summed E-state index contributed by atoms with van der Waals surface area (Å²) >= 11 is 1.57. The summed E-state index contributed by atoms with van der Waals surface area (Å²) in [6.07, 6.45) is 0. The van der Waals surface area contributed by atoms with E-state index in [0.29, 0.717) is 18.7 Å². The fraction of sp³-hybridized carbons (Fsp3) is 0.529. The predicted molar refractivity (Wildman–Crippen MR) is 94.2 cm³/mol. The van der Waals surface area contributed by atoms with Crippen LogP contribution in [0.4, 0.5) is 4.79 Å². The lowest BCUT2D eigenvalue weighted by molar-refractivity contribution is -0.126. The number of carbonyl (C=O) groups is 2. The molecular weight excluding hydrogens is 340 g/mol. The molecule has 0 spiro atoms. The Kier molecular flexibility index (Phi) is 4.49. The van der Waals surface area contributed by atoms with Crippen LogP contribution in [-0.4, -0.2) is 79.6 Å². The third kappa shape index (κ3) is 3.05. The van der Waals surface area contributed by atoms with E-state index in [4.69, 9.17) is 4.74 Å². The van der Waals surface area contributed by atoms with Crippen molar-refractivity contribution in [1.82, 2.24) is 20.0 Å². The topological polar surface area (TPSA) is 65.1 Å². The normalized spacial score (nSPS) is 24.8. The van der Waals surface area contributed by atoms with Crippen LogP contribution in [0.1, 0.15) is 11.6 Å². The summed E-state index contributed by atoms with van der Waals surface area (Å²) in [5, 5.41) is 6.92. The Hall–Kier alpha value is -1.90. The first-order valence-electron chi connectivity index (χ1n) is 8.54. The van der Waals surface area contributed by atoms with Crippen LogP contribution in [0.5, 0.6) is 0 Å². The van der Waals surface area contributed by atoms with Gasteiger partial charge in [-0.15, -0.1) is 0 Å². The fourth-order valence-electron chi connectivity index (χ4n) is 3.58. The van der Waals surface area contributed by atoms with Crippen molar-refractivity contribution >= 4 is 23.3 Å². The molecule has 3 aliphatic rings. The first kappa shape index (κ1) is 16.6. The molecule has 25 heavy (non-hydrogen) atoms. The van der Waals surface area contributed by atoms with Gasteiger partial charge in [-0.1, -0.05) is 0 Å². The molecule has 134 valence electrons. The number of ether oxygens (including phenoxy) is 1. The van der Waals surface area contributed by atoms with Gasteiger partial charge in [0.2, 0.25) is 0 Å². The zero-order valence-electron chi connectivity index (χ0n) is 14.2. The molecule has 1 aromatic rings. The molecule has 1 unspecified atom stereocenters. The maximum Gasteiger partial charge on any atom is 0.322 e. The Morgan fingerprint density at radius 1 is 1.28 bits per heavy atom. The van der Waals surface area contributed by atoms with Crippen LogP contribution in [0.2, 0.25) is 0 Å². The number of hydrogen-bond donors (Lipinski definition) is 1. The number of likely N-dealkylation sites (N-methyl/N-ethyl adjacent to an activating group) is 1. The number of carbonyl (C=O) groups excluding carboxylic acids is 2. The largest absolute Gasteiger partial charge is 0.379 e. The quantitative estimate of drug-likeness (QED) is 0.863. The zero-order valence-corrected chi connectivity index (χ0v) is 15.1. The second-order valence-electron chi connectivity index (χ2n) is 6.54. The number of amides is 3. The van der Waals surface area contributed by atoms with Crippen LogP contribution >= 0.6 is 11.3 Å². The zero-order chi connectivity index (χ0) is 17.4. The van der Waals surface area contributed by atoms with Crippen molar-refractivity contribution in [3.63, 3.8) is 0 Å². The molecule has 0 aliphatic carbocycles. The van der Waals surface area contributed by atoms with Gasteiger partial charge in [0.1, 0.15) is 0 Å². The van der Waals surface area contributed by atoms with Crippen LogP contribution in [-0.2, 0) is 9.53 Å². The molecule has 7 nitrogen and oxygen atoms in total. The maximum atomic E-state index is 13.0. The molecule has 1 atom stereocenters. The minimum absolute atomic E-state index is 0.0336. The van der Waals surface area contributed by atoms with E-state index in [0.717, 1.165) is 44.1 Å². The van der Waals surface area contributed by atoms with E-state index in [1.54, 1.807) is 23.3 Å². The monoisotopic (exact) mass is 362 g/mol. The fourth-order valence-corrected chi connectivity index (χ4v) is 4.27. The highest BCUT2D eigenvalue weighted by Gasteiger charge is 2.42. The summed E-state index contributed by atoms with van der Waals surface area (Å²) in [6.45, 7) is 5.34. The third-order valence-corrected chi connectivity index (χ3v) is 5.80. The Morgan fingerprint density at radius 3 is 2.80 bits per heavy atom. The van der Waals surface area contributed by atoms with Gasteiger partial charge in [-0.05, 0) is 22.4 Å². The van der Waals surface area contributed by atoms with Gasteiger partial charge < -0.3 is 15.0 Å². The van der Waals surface area contributed by atoms with E-state index in [2.05, 4.69) is 10.2 Å². The van der Waals surface area contributed by atoms with Crippen LogP contribution in [0, 0.1) is 0 Å². The Bertz CT molecular complexity index is 697. The SMILES string of the molecule is CN1C(=O)NC(c2ccsc2)C2=C1CN(CCN1CCOCC1)C2=O. The molecule has 0 bridgehead atoms. The predicted octanol–water partition coefficient (Wildman–Crippen LogP) is 0.873. The van der Waals surface area contributed by atoms with Crippen LogP contribution in [0.3, 0.4) is 0 Å². The second kappa shape index (κ2) is 6.78. The van der Waals surface area contributed by atoms with Crippen molar-refractivity contribution in [2.45, 2.75) is 6.04 Å². The smallest absolute Gasteiger partial charge is 0.322 e. The molecule has 3 amide bonds. The van der Waals surface area contributed by atoms with Crippen molar-refractivity contribution in [2.75, 3.05) is 53.0 Å². The molecule has 1 N–H and O–H groups in total. The lowest BCUT2D eigenvalue weighted by Crippen LogP contribution is -2.45. The summed E-state index contributed by atoms with van der Waals surface area (Å²) in [5.41, 5.74) is 2.51. The van der Waals surface area contributed by atoms with Gasteiger partial charge in [0.05, 0.1) is 37.1 Å². The van der Waals surface area contributed by atoms with Gasteiger partial charge in [-0.3, -0.25) is 14.6 Å². The molecule has 3 aliphatic heterocycles. The summed E-state index contributed by atoms with van der Waals surface area (Å²) in [7, 11) is 1.73. The van der Waals surface area contributed by atoms with E-state index in [-0.39, 0.29) is 18.0 Å². The van der Waals surface area contributed by atoms with Crippen LogP contribution in [0.15, 0.2) is 28.1 Å². The van der Waals surface area contributed by atoms with Crippen molar-refractivity contribution < 1.29 is 14.3 Å². The van der Waals surface area contributed by atoms with Gasteiger partial charge >= 0.3 is 6.03 Å². The number of hydrogen-bond acceptors (Lipinski definition) is 5. The lowest BCUT2D eigenvalue weighted by atomic mass is 9.98. The first-order chi connectivity index (χ1) is 12.1. The summed E-state index contributed by atoms with van der Waals surface area (Å²) < 4.78 is 5.37. The summed E-state index contributed by atoms with van der Waals surface area (Å²) in [4.78, 5) is 31.1.